The third kappa shape index (κ3) is 4.43. The largest absolute Gasteiger partial charge is 0.480 e. The summed E-state index contributed by atoms with van der Waals surface area (Å²) < 4.78 is 0. The predicted molar refractivity (Wildman–Crippen MR) is 67.1 cm³/mol. The molecule has 7 heteroatoms. The first-order chi connectivity index (χ1) is 8.04. The van der Waals surface area contributed by atoms with Crippen LogP contribution in [0.15, 0.2) is 0 Å². The highest BCUT2D eigenvalue weighted by molar-refractivity contribution is 7.98. The van der Waals surface area contributed by atoms with E-state index in [9.17, 15) is 9.59 Å². The standard InChI is InChI=1S/C10H19N3O3S/c1-17-5-3-8(9(14)15)12-10(16)13-4-2-7(11)6-13/h7-8H,2-6,11H2,1H3,(H,12,16)(H,14,15)/t7?,8-/m1/s1. The van der Waals surface area contributed by atoms with Gasteiger partial charge < -0.3 is 21.1 Å². The molecule has 0 saturated carbocycles. The van der Waals surface area contributed by atoms with Crippen molar-refractivity contribution in [2.75, 3.05) is 25.1 Å². The molecular formula is C10H19N3O3S. The molecule has 17 heavy (non-hydrogen) atoms. The summed E-state index contributed by atoms with van der Waals surface area (Å²) in [4.78, 5) is 24.3. The maximum absolute atomic E-state index is 11.8. The molecule has 1 unspecified atom stereocenters. The van der Waals surface area contributed by atoms with E-state index in [0.29, 0.717) is 25.3 Å². The number of carbonyl (C=O) groups excluding carboxylic acids is 1. The van der Waals surface area contributed by atoms with Crippen molar-refractivity contribution in [2.24, 2.45) is 5.73 Å². The fourth-order valence-corrected chi connectivity index (χ4v) is 2.18. The Morgan fingerprint density at radius 1 is 1.65 bits per heavy atom. The summed E-state index contributed by atoms with van der Waals surface area (Å²) in [6.07, 6.45) is 3.11. The molecular weight excluding hydrogens is 242 g/mol. The molecule has 0 aromatic rings. The zero-order chi connectivity index (χ0) is 12.8. The molecule has 0 aliphatic carbocycles. The Labute approximate surface area is 105 Å². The molecule has 1 heterocycles. The summed E-state index contributed by atoms with van der Waals surface area (Å²) in [6.45, 7) is 1.10. The van der Waals surface area contributed by atoms with Gasteiger partial charge in [-0.3, -0.25) is 0 Å². The lowest BCUT2D eigenvalue weighted by molar-refractivity contribution is -0.139. The van der Waals surface area contributed by atoms with Crippen LogP contribution in [0.2, 0.25) is 0 Å². The van der Waals surface area contributed by atoms with E-state index in [-0.39, 0.29) is 12.1 Å². The number of hydrogen-bond acceptors (Lipinski definition) is 4. The van der Waals surface area contributed by atoms with Gasteiger partial charge in [0.15, 0.2) is 0 Å². The highest BCUT2D eigenvalue weighted by atomic mass is 32.2. The van der Waals surface area contributed by atoms with Crippen molar-refractivity contribution in [2.45, 2.75) is 24.9 Å². The van der Waals surface area contributed by atoms with Gasteiger partial charge in [0.25, 0.3) is 0 Å². The van der Waals surface area contributed by atoms with E-state index >= 15 is 0 Å². The Balaban J connectivity index is 2.43. The van der Waals surface area contributed by atoms with Crippen LogP contribution in [-0.2, 0) is 4.79 Å². The molecule has 1 fully saturated rings. The van der Waals surface area contributed by atoms with Crippen LogP contribution in [0.4, 0.5) is 4.79 Å². The zero-order valence-electron chi connectivity index (χ0n) is 9.89. The molecule has 0 spiro atoms. The molecule has 1 rings (SSSR count). The SMILES string of the molecule is CSCC[C@@H](NC(=O)N1CCC(N)C1)C(=O)O. The third-order valence-electron chi connectivity index (χ3n) is 2.72. The van der Waals surface area contributed by atoms with Crippen LogP contribution in [0.25, 0.3) is 0 Å². The first-order valence-electron chi connectivity index (χ1n) is 5.57. The Bertz CT molecular complexity index is 288. The van der Waals surface area contributed by atoms with Crippen LogP contribution in [0.3, 0.4) is 0 Å². The summed E-state index contributed by atoms with van der Waals surface area (Å²) in [5, 5.41) is 11.5. The molecule has 1 aliphatic rings. The Kier molecular flexibility index (Phi) is 5.57. The van der Waals surface area contributed by atoms with Gasteiger partial charge in [0.1, 0.15) is 6.04 Å². The number of aliphatic carboxylic acids is 1. The van der Waals surface area contributed by atoms with Crippen molar-refractivity contribution in [3.63, 3.8) is 0 Å². The predicted octanol–water partition coefficient (Wildman–Crippen LogP) is -0.0647. The number of carboxylic acid groups (broad SMARTS) is 1. The molecule has 6 nitrogen and oxygen atoms in total. The van der Waals surface area contributed by atoms with E-state index in [2.05, 4.69) is 5.32 Å². The van der Waals surface area contributed by atoms with Gasteiger partial charge in [-0.15, -0.1) is 0 Å². The average molecular weight is 261 g/mol. The van der Waals surface area contributed by atoms with Gasteiger partial charge in [0.2, 0.25) is 0 Å². The monoisotopic (exact) mass is 261 g/mol. The van der Waals surface area contributed by atoms with Crippen molar-refractivity contribution >= 4 is 23.8 Å². The number of carboxylic acids is 1. The lowest BCUT2D eigenvalue weighted by atomic mass is 10.2. The minimum atomic E-state index is -0.990. The normalized spacial score (nSPS) is 21.3. The molecule has 4 N–H and O–H groups in total. The first-order valence-corrected chi connectivity index (χ1v) is 6.96. The molecule has 0 bridgehead atoms. The minimum Gasteiger partial charge on any atom is -0.480 e. The summed E-state index contributed by atoms with van der Waals surface area (Å²) in [7, 11) is 0. The van der Waals surface area contributed by atoms with Crippen LogP contribution < -0.4 is 11.1 Å². The van der Waals surface area contributed by atoms with Crippen LogP contribution in [-0.4, -0.2) is 59.2 Å². The van der Waals surface area contributed by atoms with Crippen molar-refractivity contribution < 1.29 is 14.7 Å². The number of nitrogens with two attached hydrogens (primary N) is 1. The van der Waals surface area contributed by atoms with Crippen molar-refractivity contribution in [3.8, 4) is 0 Å². The smallest absolute Gasteiger partial charge is 0.326 e. The van der Waals surface area contributed by atoms with E-state index in [1.54, 1.807) is 16.7 Å². The van der Waals surface area contributed by atoms with Gasteiger partial charge >= 0.3 is 12.0 Å². The van der Waals surface area contributed by atoms with Crippen LogP contribution in [0.5, 0.6) is 0 Å². The molecule has 0 aromatic heterocycles. The maximum Gasteiger partial charge on any atom is 0.326 e. The number of nitrogens with zero attached hydrogens (tertiary/aromatic N) is 1. The van der Waals surface area contributed by atoms with Gasteiger partial charge in [-0.25, -0.2) is 9.59 Å². The van der Waals surface area contributed by atoms with Gasteiger partial charge in [-0.1, -0.05) is 0 Å². The van der Waals surface area contributed by atoms with Gasteiger partial charge in [0, 0.05) is 19.1 Å². The lowest BCUT2D eigenvalue weighted by Crippen LogP contribution is -2.48. The highest BCUT2D eigenvalue weighted by Crippen LogP contribution is 2.08. The Morgan fingerprint density at radius 2 is 2.35 bits per heavy atom. The van der Waals surface area contributed by atoms with E-state index in [0.717, 1.165) is 6.42 Å². The second kappa shape index (κ2) is 6.70. The summed E-state index contributed by atoms with van der Waals surface area (Å²) in [5.74, 6) is -0.285. The second-order valence-corrected chi connectivity index (χ2v) is 5.10. The minimum absolute atomic E-state index is 0.00947. The van der Waals surface area contributed by atoms with E-state index in [1.165, 1.54) is 0 Å². The number of hydrogen-bond donors (Lipinski definition) is 3. The van der Waals surface area contributed by atoms with E-state index in [4.69, 9.17) is 10.8 Å². The first kappa shape index (κ1) is 14.1. The number of urea groups is 1. The van der Waals surface area contributed by atoms with Gasteiger partial charge in [-0.05, 0) is 24.9 Å². The number of likely N-dealkylation sites (tertiary alicyclic amines) is 1. The van der Waals surface area contributed by atoms with Gasteiger partial charge in [0.05, 0.1) is 0 Å². The molecule has 0 aromatic carbocycles. The Morgan fingerprint density at radius 3 is 2.82 bits per heavy atom. The van der Waals surface area contributed by atoms with Crippen molar-refractivity contribution in [1.82, 2.24) is 10.2 Å². The maximum atomic E-state index is 11.8. The van der Waals surface area contributed by atoms with E-state index < -0.39 is 12.0 Å². The number of thioether (sulfide) groups is 1. The van der Waals surface area contributed by atoms with Crippen LogP contribution in [0, 0.1) is 0 Å². The average Bonchev–Trinajstić information content (AvgIpc) is 2.70. The summed E-state index contributed by atoms with van der Waals surface area (Å²) in [5.41, 5.74) is 5.69. The molecule has 98 valence electrons. The molecule has 1 saturated heterocycles. The molecule has 2 amide bonds. The Hall–Kier alpha value is -0.950. The quantitative estimate of drug-likeness (QED) is 0.644. The lowest BCUT2D eigenvalue weighted by Gasteiger charge is -2.20. The summed E-state index contributed by atoms with van der Waals surface area (Å²) in [6, 6.07) is -1.13. The van der Waals surface area contributed by atoms with Crippen LogP contribution in [0.1, 0.15) is 12.8 Å². The third-order valence-corrected chi connectivity index (χ3v) is 3.36. The van der Waals surface area contributed by atoms with Crippen LogP contribution >= 0.6 is 11.8 Å². The van der Waals surface area contributed by atoms with Crippen molar-refractivity contribution in [3.05, 3.63) is 0 Å². The molecule has 2 atom stereocenters. The number of carbonyl (C=O) groups is 2. The summed E-state index contributed by atoms with van der Waals surface area (Å²) >= 11 is 1.56. The molecule has 1 aliphatic heterocycles. The highest BCUT2D eigenvalue weighted by Gasteiger charge is 2.27. The fraction of sp³-hybridized carbons (Fsp3) is 0.800. The number of rotatable bonds is 5. The topological polar surface area (TPSA) is 95.7 Å². The van der Waals surface area contributed by atoms with E-state index in [1.807, 2.05) is 6.26 Å². The number of amides is 2. The second-order valence-electron chi connectivity index (χ2n) is 4.12. The zero-order valence-corrected chi connectivity index (χ0v) is 10.7. The number of nitrogens with one attached hydrogen (secondary N) is 1. The van der Waals surface area contributed by atoms with Crippen molar-refractivity contribution in [1.29, 1.82) is 0 Å². The fourth-order valence-electron chi connectivity index (χ4n) is 1.71. The molecule has 0 radical (unpaired) electrons. The van der Waals surface area contributed by atoms with Gasteiger partial charge in [-0.2, -0.15) is 11.8 Å².